The SMILES string of the molecule is CCC1CCCC(Nc2cnc(Cl)c(C)c2)CC1. The third-order valence-electron chi connectivity index (χ3n) is 4.05. The lowest BCUT2D eigenvalue weighted by Gasteiger charge is -2.18. The molecule has 18 heavy (non-hydrogen) atoms. The van der Waals surface area contributed by atoms with Crippen LogP contribution in [0.2, 0.25) is 5.15 Å². The highest BCUT2D eigenvalue weighted by Gasteiger charge is 2.17. The predicted molar refractivity (Wildman–Crippen MR) is 78.3 cm³/mol. The van der Waals surface area contributed by atoms with Gasteiger partial charge in [0.2, 0.25) is 0 Å². The van der Waals surface area contributed by atoms with Crippen molar-refractivity contribution in [2.24, 2.45) is 5.92 Å². The molecule has 1 N–H and O–H groups in total. The number of aromatic nitrogens is 1. The Bertz CT molecular complexity index is 392. The van der Waals surface area contributed by atoms with E-state index in [1.165, 1.54) is 38.5 Å². The van der Waals surface area contributed by atoms with Crippen LogP contribution in [-0.2, 0) is 0 Å². The van der Waals surface area contributed by atoms with Crippen LogP contribution in [0.25, 0.3) is 0 Å². The molecule has 2 unspecified atom stereocenters. The number of aryl methyl sites for hydroxylation is 1. The first-order valence-corrected chi connectivity index (χ1v) is 7.45. The number of anilines is 1. The summed E-state index contributed by atoms with van der Waals surface area (Å²) in [6.45, 7) is 4.31. The summed E-state index contributed by atoms with van der Waals surface area (Å²) in [6, 6.07) is 2.70. The molecule has 1 aliphatic carbocycles. The quantitative estimate of drug-likeness (QED) is 0.627. The average Bonchev–Trinajstić information content (AvgIpc) is 2.59. The molecule has 0 saturated heterocycles. The van der Waals surface area contributed by atoms with Gasteiger partial charge in [-0.2, -0.15) is 0 Å². The summed E-state index contributed by atoms with van der Waals surface area (Å²) in [6.07, 6.45) is 9.82. The number of hydrogen-bond donors (Lipinski definition) is 1. The molecule has 1 fully saturated rings. The van der Waals surface area contributed by atoms with Crippen molar-refractivity contribution < 1.29 is 0 Å². The highest BCUT2D eigenvalue weighted by molar-refractivity contribution is 6.30. The molecule has 2 nitrogen and oxygen atoms in total. The fraction of sp³-hybridized carbons (Fsp3) is 0.667. The maximum atomic E-state index is 5.95. The molecule has 2 rings (SSSR count). The Hall–Kier alpha value is -0.760. The lowest BCUT2D eigenvalue weighted by atomic mass is 9.98. The molecular formula is C15H23ClN2. The number of rotatable bonds is 3. The molecule has 1 heterocycles. The summed E-state index contributed by atoms with van der Waals surface area (Å²) in [5, 5.41) is 4.22. The lowest BCUT2D eigenvalue weighted by Crippen LogP contribution is -2.18. The van der Waals surface area contributed by atoms with Gasteiger partial charge in [0.05, 0.1) is 11.9 Å². The Morgan fingerprint density at radius 2 is 2.17 bits per heavy atom. The van der Waals surface area contributed by atoms with Crippen molar-refractivity contribution in [3.05, 3.63) is 23.0 Å². The van der Waals surface area contributed by atoms with E-state index in [2.05, 4.69) is 23.3 Å². The van der Waals surface area contributed by atoms with Crippen molar-refractivity contribution in [1.29, 1.82) is 0 Å². The van der Waals surface area contributed by atoms with Gasteiger partial charge in [-0.25, -0.2) is 4.98 Å². The van der Waals surface area contributed by atoms with E-state index in [-0.39, 0.29) is 0 Å². The summed E-state index contributed by atoms with van der Waals surface area (Å²) in [5.41, 5.74) is 2.15. The van der Waals surface area contributed by atoms with Gasteiger partial charge in [-0.05, 0) is 43.7 Å². The van der Waals surface area contributed by atoms with Crippen molar-refractivity contribution in [1.82, 2.24) is 4.98 Å². The number of halogens is 1. The summed E-state index contributed by atoms with van der Waals surface area (Å²) >= 11 is 5.95. The minimum Gasteiger partial charge on any atom is -0.381 e. The molecule has 100 valence electrons. The van der Waals surface area contributed by atoms with Crippen LogP contribution in [0.4, 0.5) is 5.69 Å². The van der Waals surface area contributed by atoms with Crippen LogP contribution in [0.3, 0.4) is 0 Å². The first-order chi connectivity index (χ1) is 8.69. The van der Waals surface area contributed by atoms with Crippen molar-refractivity contribution in [2.45, 2.75) is 58.4 Å². The topological polar surface area (TPSA) is 24.9 Å². The second-order valence-electron chi connectivity index (χ2n) is 5.46. The van der Waals surface area contributed by atoms with E-state index in [1.807, 2.05) is 13.1 Å². The molecule has 0 radical (unpaired) electrons. The standard InChI is InChI=1S/C15H23ClN2/c1-3-12-5-4-6-13(8-7-12)18-14-9-11(2)15(16)17-10-14/h9-10,12-13,18H,3-8H2,1-2H3. The van der Waals surface area contributed by atoms with Crippen LogP contribution in [0, 0.1) is 12.8 Å². The zero-order valence-corrected chi connectivity index (χ0v) is 12.1. The Kier molecular flexibility index (Phi) is 4.87. The van der Waals surface area contributed by atoms with Crippen LogP contribution >= 0.6 is 11.6 Å². The minimum atomic E-state index is 0.601. The maximum absolute atomic E-state index is 5.95. The van der Waals surface area contributed by atoms with Crippen molar-refractivity contribution in [3.8, 4) is 0 Å². The highest BCUT2D eigenvalue weighted by atomic mass is 35.5. The zero-order chi connectivity index (χ0) is 13.0. The third kappa shape index (κ3) is 3.61. The van der Waals surface area contributed by atoms with Gasteiger partial charge in [-0.3, -0.25) is 0 Å². The van der Waals surface area contributed by atoms with Crippen LogP contribution in [0.5, 0.6) is 0 Å². The monoisotopic (exact) mass is 266 g/mol. The number of pyridine rings is 1. The van der Waals surface area contributed by atoms with Gasteiger partial charge in [-0.15, -0.1) is 0 Å². The fourth-order valence-electron chi connectivity index (χ4n) is 2.80. The van der Waals surface area contributed by atoms with Gasteiger partial charge in [0, 0.05) is 6.04 Å². The van der Waals surface area contributed by atoms with Gasteiger partial charge in [0.15, 0.2) is 0 Å². The summed E-state index contributed by atoms with van der Waals surface area (Å²) in [4.78, 5) is 4.20. The lowest BCUT2D eigenvalue weighted by molar-refractivity contribution is 0.444. The van der Waals surface area contributed by atoms with E-state index in [1.54, 1.807) is 0 Å². The van der Waals surface area contributed by atoms with E-state index >= 15 is 0 Å². The van der Waals surface area contributed by atoms with Crippen LogP contribution in [-0.4, -0.2) is 11.0 Å². The number of hydrogen-bond acceptors (Lipinski definition) is 2. The molecule has 1 aromatic rings. The van der Waals surface area contributed by atoms with Gasteiger partial charge >= 0.3 is 0 Å². The second-order valence-corrected chi connectivity index (χ2v) is 5.81. The summed E-state index contributed by atoms with van der Waals surface area (Å²) in [7, 11) is 0. The largest absolute Gasteiger partial charge is 0.381 e. The zero-order valence-electron chi connectivity index (χ0n) is 11.4. The Balaban J connectivity index is 1.94. The maximum Gasteiger partial charge on any atom is 0.132 e. The molecule has 0 spiro atoms. The smallest absolute Gasteiger partial charge is 0.132 e. The average molecular weight is 267 g/mol. The Labute approximate surface area is 115 Å². The first-order valence-electron chi connectivity index (χ1n) is 7.07. The highest BCUT2D eigenvalue weighted by Crippen LogP contribution is 2.27. The minimum absolute atomic E-state index is 0.601. The van der Waals surface area contributed by atoms with Crippen molar-refractivity contribution in [3.63, 3.8) is 0 Å². The van der Waals surface area contributed by atoms with Gasteiger partial charge in [0.1, 0.15) is 5.15 Å². The Morgan fingerprint density at radius 3 is 2.89 bits per heavy atom. The molecule has 2 atom stereocenters. The summed E-state index contributed by atoms with van der Waals surface area (Å²) in [5.74, 6) is 0.932. The third-order valence-corrected chi connectivity index (χ3v) is 4.45. The van der Waals surface area contributed by atoms with Gasteiger partial charge < -0.3 is 5.32 Å². The molecular weight excluding hydrogens is 244 g/mol. The molecule has 0 aliphatic heterocycles. The first kappa shape index (κ1) is 13.7. The molecule has 0 amide bonds. The fourth-order valence-corrected chi connectivity index (χ4v) is 2.91. The molecule has 1 saturated carbocycles. The Morgan fingerprint density at radius 1 is 1.33 bits per heavy atom. The van der Waals surface area contributed by atoms with Crippen LogP contribution in [0.1, 0.15) is 51.0 Å². The second kappa shape index (κ2) is 6.42. The van der Waals surface area contributed by atoms with E-state index in [4.69, 9.17) is 11.6 Å². The van der Waals surface area contributed by atoms with Crippen molar-refractivity contribution >= 4 is 17.3 Å². The number of nitrogens with zero attached hydrogens (tertiary/aromatic N) is 1. The van der Waals surface area contributed by atoms with E-state index in [9.17, 15) is 0 Å². The molecule has 3 heteroatoms. The molecule has 0 aromatic carbocycles. The predicted octanol–water partition coefficient (Wildman–Crippen LogP) is 4.81. The van der Waals surface area contributed by atoms with Crippen LogP contribution < -0.4 is 5.32 Å². The van der Waals surface area contributed by atoms with Gasteiger partial charge in [-0.1, -0.05) is 37.8 Å². The number of nitrogens with one attached hydrogen (secondary N) is 1. The molecule has 0 bridgehead atoms. The molecule has 1 aliphatic rings. The van der Waals surface area contributed by atoms with Gasteiger partial charge in [0.25, 0.3) is 0 Å². The van der Waals surface area contributed by atoms with Crippen molar-refractivity contribution in [2.75, 3.05) is 5.32 Å². The normalized spacial score (nSPS) is 24.6. The van der Waals surface area contributed by atoms with Crippen LogP contribution in [0.15, 0.2) is 12.3 Å². The van der Waals surface area contributed by atoms with E-state index in [0.717, 1.165) is 17.2 Å². The summed E-state index contributed by atoms with van der Waals surface area (Å²) < 4.78 is 0. The molecule has 1 aromatic heterocycles. The van der Waals surface area contributed by atoms with E-state index in [0.29, 0.717) is 11.2 Å². The van der Waals surface area contributed by atoms with E-state index < -0.39 is 0 Å².